The fourth-order valence-corrected chi connectivity index (χ4v) is 1.62. The van der Waals surface area contributed by atoms with E-state index >= 15 is 0 Å². The van der Waals surface area contributed by atoms with Crippen molar-refractivity contribution < 1.29 is 0 Å². The van der Waals surface area contributed by atoms with Crippen LogP contribution in [-0.4, -0.2) is 21.1 Å². The molecule has 0 radical (unpaired) electrons. The molecule has 0 unspecified atom stereocenters. The standard InChI is InChI=1S/C13H18N4/c1-3-4-7-14-13-15-8-9-17(13)12-6-5-11(2)16-10-12/h5-6,8-10H,3-4,7H2,1-2H3,(H,14,15). The van der Waals surface area contributed by atoms with Gasteiger partial charge in [0.1, 0.15) is 0 Å². The highest BCUT2D eigenvalue weighted by Crippen LogP contribution is 2.13. The summed E-state index contributed by atoms with van der Waals surface area (Å²) in [7, 11) is 0. The second kappa shape index (κ2) is 5.48. The Labute approximate surface area is 102 Å². The molecule has 0 fully saturated rings. The molecule has 17 heavy (non-hydrogen) atoms. The molecule has 2 heterocycles. The smallest absolute Gasteiger partial charge is 0.207 e. The highest BCUT2D eigenvalue weighted by atomic mass is 15.2. The summed E-state index contributed by atoms with van der Waals surface area (Å²) in [6.07, 6.45) is 7.94. The van der Waals surface area contributed by atoms with Gasteiger partial charge in [-0.1, -0.05) is 13.3 Å². The van der Waals surface area contributed by atoms with Crippen LogP contribution < -0.4 is 5.32 Å². The van der Waals surface area contributed by atoms with Gasteiger partial charge in [0, 0.05) is 24.6 Å². The lowest BCUT2D eigenvalue weighted by atomic mass is 10.3. The molecular formula is C13H18N4. The minimum absolute atomic E-state index is 0.879. The molecule has 4 heteroatoms. The SMILES string of the molecule is CCCCNc1nccn1-c1ccc(C)nc1. The number of aromatic nitrogens is 3. The molecule has 0 saturated carbocycles. The third kappa shape index (κ3) is 2.84. The predicted molar refractivity (Wildman–Crippen MR) is 69.5 cm³/mol. The van der Waals surface area contributed by atoms with E-state index in [0.29, 0.717) is 0 Å². The fraction of sp³-hybridized carbons (Fsp3) is 0.385. The van der Waals surface area contributed by atoms with Crippen molar-refractivity contribution >= 4 is 5.95 Å². The second-order valence-corrected chi connectivity index (χ2v) is 4.06. The summed E-state index contributed by atoms with van der Waals surface area (Å²) >= 11 is 0. The first-order valence-electron chi connectivity index (χ1n) is 6.01. The van der Waals surface area contributed by atoms with Crippen LogP contribution in [0.4, 0.5) is 5.95 Å². The molecule has 0 atom stereocenters. The lowest BCUT2D eigenvalue weighted by molar-refractivity contribution is 0.822. The molecule has 0 aliphatic carbocycles. The summed E-state index contributed by atoms with van der Waals surface area (Å²) in [4.78, 5) is 8.61. The Morgan fingerprint density at radius 1 is 1.29 bits per heavy atom. The molecule has 2 aromatic heterocycles. The number of aryl methyl sites for hydroxylation is 1. The van der Waals surface area contributed by atoms with Crippen LogP contribution in [0.3, 0.4) is 0 Å². The first-order chi connectivity index (χ1) is 8.31. The number of anilines is 1. The van der Waals surface area contributed by atoms with Gasteiger partial charge < -0.3 is 5.32 Å². The number of nitrogens with one attached hydrogen (secondary N) is 1. The molecule has 2 rings (SSSR count). The molecule has 1 N–H and O–H groups in total. The Hall–Kier alpha value is -1.84. The van der Waals surface area contributed by atoms with Gasteiger partial charge in [-0.05, 0) is 25.5 Å². The topological polar surface area (TPSA) is 42.7 Å². The van der Waals surface area contributed by atoms with E-state index in [4.69, 9.17) is 0 Å². The molecule has 0 aromatic carbocycles. The summed E-state index contributed by atoms with van der Waals surface area (Å²) in [5.41, 5.74) is 2.06. The van der Waals surface area contributed by atoms with Crippen molar-refractivity contribution in [2.45, 2.75) is 26.7 Å². The molecule has 0 spiro atoms. The van der Waals surface area contributed by atoms with Crippen molar-refractivity contribution in [2.75, 3.05) is 11.9 Å². The maximum atomic E-state index is 4.31. The molecule has 0 amide bonds. The van der Waals surface area contributed by atoms with Crippen LogP contribution in [0.25, 0.3) is 5.69 Å². The normalized spacial score (nSPS) is 10.5. The molecule has 0 aliphatic rings. The number of nitrogens with zero attached hydrogens (tertiary/aromatic N) is 3. The van der Waals surface area contributed by atoms with Gasteiger partial charge in [0.15, 0.2) is 0 Å². The van der Waals surface area contributed by atoms with Gasteiger partial charge >= 0.3 is 0 Å². The Kier molecular flexibility index (Phi) is 3.75. The highest BCUT2D eigenvalue weighted by Gasteiger charge is 2.03. The number of pyridine rings is 1. The lowest BCUT2D eigenvalue weighted by Crippen LogP contribution is -2.07. The van der Waals surface area contributed by atoms with Crippen molar-refractivity contribution in [3.8, 4) is 5.69 Å². The molecule has 2 aromatic rings. The van der Waals surface area contributed by atoms with Crippen LogP contribution in [0.1, 0.15) is 25.5 Å². The van der Waals surface area contributed by atoms with Crippen LogP contribution in [0.2, 0.25) is 0 Å². The summed E-state index contributed by atoms with van der Waals surface area (Å²) in [5, 5.41) is 3.33. The van der Waals surface area contributed by atoms with Crippen molar-refractivity contribution in [1.29, 1.82) is 0 Å². The van der Waals surface area contributed by atoms with Gasteiger partial charge in [-0.3, -0.25) is 9.55 Å². The van der Waals surface area contributed by atoms with Gasteiger partial charge in [-0.2, -0.15) is 0 Å². The predicted octanol–water partition coefficient (Wildman–Crippen LogP) is 2.79. The maximum absolute atomic E-state index is 4.31. The fourth-order valence-electron chi connectivity index (χ4n) is 1.62. The summed E-state index contributed by atoms with van der Waals surface area (Å²) in [5.74, 6) is 0.879. The number of rotatable bonds is 5. The number of hydrogen-bond acceptors (Lipinski definition) is 3. The number of hydrogen-bond donors (Lipinski definition) is 1. The lowest BCUT2D eigenvalue weighted by Gasteiger charge is -2.09. The van der Waals surface area contributed by atoms with Crippen LogP contribution >= 0.6 is 0 Å². The van der Waals surface area contributed by atoms with E-state index < -0.39 is 0 Å². The Bertz CT molecular complexity index is 459. The maximum Gasteiger partial charge on any atom is 0.207 e. The first kappa shape index (κ1) is 11.6. The average molecular weight is 230 g/mol. The second-order valence-electron chi connectivity index (χ2n) is 4.06. The van der Waals surface area contributed by atoms with E-state index in [2.05, 4.69) is 28.3 Å². The third-order valence-corrected chi connectivity index (χ3v) is 2.63. The van der Waals surface area contributed by atoms with E-state index in [1.54, 1.807) is 6.20 Å². The molecule has 4 nitrogen and oxygen atoms in total. The molecule has 90 valence electrons. The van der Waals surface area contributed by atoms with E-state index in [-0.39, 0.29) is 0 Å². The van der Waals surface area contributed by atoms with Gasteiger partial charge in [0.05, 0.1) is 11.9 Å². The number of imidazole rings is 1. The van der Waals surface area contributed by atoms with Crippen LogP contribution in [0.5, 0.6) is 0 Å². The zero-order valence-electron chi connectivity index (χ0n) is 10.3. The monoisotopic (exact) mass is 230 g/mol. The first-order valence-corrected chi connectivity index (χ1v) is 6.01. The van der Waals surface area contributed by atoms with E-state index in [9.17, 15) is 0 Å². The summed E-state index contributed by atoms with van der Waals surface area (Å²) < 4.78 is 2.02. The van der Waals surface area contributed by atoms with Crippen molar-refractivity contribution in [3.05, 3.63) is 36.4 Å². The largest absolute Gasteiger partial charge is 0.355 e. The van der Waals surface area contributed by atoms with Crippen molar-refractivity contribution in [1.82, 2.24) is 14.5 Å². The van der Waals surface area contributed by atoms with Crippen LogP contribution in [0, 0.1) is 6.92 Å². The minimum atomic E-state index is 0.879. The number of unbranched alkanes of at least 4 members (excludes halogenated alkanes) is 1. The molecule has 0 saturated heterocycles. The van der Waals surface area contributed by atoms with Gasteiger partial charge in [-0.25, -0.2) is 4.98 Å². The Morgan fingerprint density at radius 3 is 2.88 bits per heavy atom. The van der Waals surface area contributed by atoms with Crippen molar-refractivity contribution in [3.63, 3.8) is 0 Å². The van der Waals surface area contributed by atoms with Crippen LogP contribution in [-0.2, 0) is 0 Å². The van der Waals surface area contributed by atoms with Crippen molar-refractivity contribution in [2.24, 2.45) is 0 Å². The van der Waals surface area contributed by atoms with Gasteiger partial charge in [0.2, 0.25) is 5.95 Å². The Morgan fingerprint density at radius 2 is 2.18 bits per heavy atom. The summed E-state index contributed by atoms with van der Waals surface area (Å²) in [6.45, 7) is 5.11. The third-order valence-electron chi connectivity index (χ3n) is 2.63. The van der Waals surface area contributed by atoms with Crippen LogP contribution in [0.15, 0.2) is 30.7 Å². The van der Waals surface area contributed by atoms with E-state index in [1.165, 1.54) is 6.42 Å². The molecule has 0 aliphatic heterocycles. The average Bonchev–Trinajstić information content (AvgIpc) is 2.79. The zero-order valence-corrected chi connectivity index (χ0v) is 10.3. The summed E-state index contributed by atoms with van der Waals surface area (Å²) in [6, 6.07) is 4.06. The van der Waals surface area contributed by atoms with E-state index in [1.807, 2.05) is 30.0 Å². The molecular weight excluding hydrogens is 212 g/mol. The molecule has 0 bridgehead atoms. The van der Waals surface area contributed by atoms with Gasteiger partial charge in [-0.15, -0.1) is 0 Å². The quantitative estimate of drug-likeness (QED) is 0.803. The van der Waals surface area contributed by atoms with Gasteiger partial charge in [0.25, 0.3) is 0 Å². The highest BCUT2D eigenvalue weighted by molar-refractivity contribution is 5.40. The minimum Gasteiger partial charge on any atom is -0.355 e. The zero-order chi connectivity index (χ0) is 12.1. The Balaban J connectivity index is 2.15. The van der Waals surface area contributed by atoms with E-state index in [0.717, 1.165) is 30.3 Å².